The fourth-order valence-corrected chi connectivity index (χ4v) is 3.17. The molecular formula is C20H12N2O. The highest BCUT2D eigenvalue weighted by Crippen LogP contribution is 2.35. The van der Waals surface area contributed by atoms with Crippen LogP contribution < -0.4 is 0 Å². The van der Waals surface area contributed by atoms with Crippen LogP contribution in [-0.2, 0) is 0 Å². The molecule has 3 heteroatoms. The van der Waals surface area contributed by atoms with Gasteiger partial charge in [0.25, 0.3) is 0 Å². The van der Waals surface area contributed by atoms with Gasteiger partial charge in [0.2, 0.25) is 0 Å². The molecule has 2 aromatic heterocycles. The van der Waals surface area contributed by atoms with Gasteiger partial charge >= 0.3 is 0 Å². The highest BCUT2D eigenvalue weighted by atomic mass is 16.5. The second kappa shape index (κ2) is 4.65. The molecule has 0 unspecified atom stereocenters. The van der Waals surface area contributed by atoms with E-state index in [2.05, 4.69) is 52.6 Å². The van der Waals surface area contributed by atoms with Gasteiger partial charge in [0.15, 0.2) is 5.58 Å². The Morgan fingerprint density at radius 2 is 1.52 bits per heavy atom. The summed E-state index contributed by atoms with van der Waals surface area (Å²) in [5.41, 5.74) is 2.43. The average molecular weight is 296 g/mol. The minimum Gasteiger partial charge on any atom is -0.355 e. The van der Waals surface area contributed by atoms with Gasteiger partial charge in [-0.15, -0.1) is 0 Å². The summed E-state index contributed by atoms with van der Waals surface area (Å²) in [4.78, 5) is 4.39. The summed E-state index contributed by atoms with van der Waals surface area (Å²) in [6.45, 7) is 0. The summed E-state index contributed by atoms with van der Waals surface area (Å²) in [7, 11) is 0. The van der Waals surface area contributed by atoms with Gasteiger partial charge in [-0.1, -0.05) is 53.7 Å². The van der Waals surface area contributed by atoms with E-state index in [1.807, 2.05) is 24.3 Å². The number of hydrogen-bond acceptors (Lipinski definition) is 3. The highest BCUT2D eigenvalue weighted by molar-refractivity contribution is 6.19. The summed E-state index contributed by atoms with van der Waals surface area (Å²) in [5.74, 6) is 0. The molecule has 0 aliphatic heterocycles. The number of fused-ring (bicyclic) bond motifs is 5. The Kier molecular flexibility index (Phi) is 2.50. The molecule has 0 fully saturated rings. The van der Waals surface area contributed by atoms with E-state index in [0.717, 1.165) is 33.1 Å². The lowest BCUT2D eigenvalue weighted by atomic mass is 9.99. The van der Waals surface area contributed by atoms with Crippen LogP contribution >= 0.6 is 0 Å². The Morgan fingerprint density at radius 3 is 2.43 bits per heavy atom. The molecule has 2 heterocycles. The number of aromatic nitrogens is 2. The lowest BCUT2D eigenvalue weighted by Gasteiger charge is -2.04. The third kappa shape index (κ3) is 1.77. The van der Waals surface area contributed by atoms with Crippen molar-refractivity contribution in [3.8, 4) is 11.4 Å². The average Bonchev–Trinajstić information content (AvgIpc) is 3.06. The van der Waals surface area contributed by atoms with Crippen molar-refractivity contribution in [2.24, 2.45) is 0 Å². The zero-order chi connectivity index (χ0) is 15.2. The largest absolute Gasteiger partial charge is 0.355 e. The maximum Gasteiger partial charge on any atom is 0.176 e. The van der Waals surface area contributed by atoms with Crippen molar-refractivity contribution in [3.05, 3.63) is 72.9 Å². The standard InChI is InChI=1S/C20H12N2O/c1-2-6-15-13(5-1)8-9-14-10-11-16-19(17-7-3-4-12-21-17)22-23-20(16)18(14)15/h1-12H. The summed E-state index contributed by atoms with van der Waals surface area (Å²) in [5, 5.41) is 9.91. The van der Waals surface area contributed by atoms with Crippen molar-refractivity contribution in [3.63, 3.8) is 0 Å². The smallest absolute Gasteiger partial charge is 0.176 e. The maximum atomic E-state index is 5.73. The molecule has 0 aliphatic carbocycles. The van der Waals surface area contributed by atoms with Crippen LogP contribution in [0, 0.1) is 0 Å². The van der Waals surface area contributed by atoms with Gasteiger partial charge in [-0.25, -0.2) is 0 Å². The Morgan fingerprint density at radius 1 is 0.696 bits per heavy atom. The molecule has 0 amide bonds. The lowest BCUT2D eigenvalue weighted by molar-refractivity contribution is 0.461. The number of hydrogen-bond donors (Lipinski definition) is 0. The molecule has 0 bridgehead atoms. The normalized spacial score (nSPS) is 11.5. The molecule has 0 spiro atoms. The molecule has 0 N–H and O–H groups in total. The molecule has 0 radical (unpaired) electrons. The van der Waals surface area contributed by atoms with E-state index in [4.69, 9.17) is 4.52 Å². The molecule has 3 aromatic carbocycles. The zero-order valence-corrected chi connectivity index (χ0v) is 12.2. The first-order valence-corrected chi connectivity index (χ1v) is 7.53. The van der Waals surface area contributed by atoms with E-state index >= 15 is 0 Å². The second-order valence-electron chi connectivity index (χ2n) is 5.57. The first-order chi connectivity index (χ1) is 11.4. The third-order valence-electron chi connectivity index (χ3n) is 4.25. The summed E-state index contributed by atoms with van der Waals surface area (Å²) in [6, 6.07) is 22.6. The quantitative estimate of drug-likeness (QED) is 0.399. The van der Waals surface area contributed by atoms with Crippen molar-refractivity contribution in [1.82, 2.24) is 10.1 Å². The van der Waals surface area contributed by atoms with Gasteiger partial charge in [-0.2, -0.15) is 0 Å². The number of nitrogens with zero attached hydrogens (tertiary/aromatic N) is 2. The summed E-state index contributed by atoms with van der Waals surface area (Å²) in [6.07, 6.45) is 1.77. The van der Waals surface area contributed by atoms with Gasteiger partial charge in [0, 0.05) is 11.6 Å². The Bertz CT molecular complexity index is 1160. The Hall–Kier alpha value is -3.20. The van der Waals surface area contributed by atoms with Crippen LogP contribution in [0.5, 0.6) is 0 Å². The van der Waals surface area contributed by atoms with Crippen molar-refractivity contribution < 1.29 is 4.52 Å². The number of pyridine rings is 1. The van der Waals surface area contributed by atoms with Gasteiger partial charge in [0.05, 0.1) is 11.1 Å². The number of rotatable bonds is 1. The predicted molar refractivity (Wildman–Crippen MR) is 92.3 cm³/mol. The van der Waals surface area contributed by atoms with Crippen molar-refractivity contribution in [2.75, 3.05) is 0 Å². The molecule has 0 saturated carbocycles. The van der Waals surface area contributed by atoms with Gasteiger partial charge in [0.1, 0.15) is 5.69 Å². The van der Waals surface area contributed by atoms with E-state index in [1.165, 1.54) is 10.8 Å². The molecule has 0 atom stereocenters. The van der Waals surface area contributed by atoms with Crippen LogP contribution in [0.1, 0.15) is 0 Å². The first-order valence-electron chi connectivity index (χ1n) is 7.53. The fraction of sp³-hybridized carbons (Fsp3) is 0. The maximum absolute atomic E-state index is 5.73. The van der Waals surface area contributed by atoms with Crippen molar-refractivity contribution >= 4 is 32.5 Å². The van der Waals surface area contributed by atoms with Crippen molar-refractivity contribution in [1.29, 1.82) is 0 Å². The minimum absolute atomic E-state index is 0.787. The van der Waals surface area contributed by atoms with E-state index in [9.17, 15) is 0 Å². The molecule has 5 rings (SSSR count). The molecule has 0 saturated heterocycles. The molecule has 5 aromatic rings. The second-order valence-corrected chi connectivity index (χ2v) is 5.57. The van der Waals surface area contributed by atoms with E-state index in [0.29, 0.717) is 0 Å². The summed E-state index contributed by atoms with van der Waals surface area (Å²) < 4.78 is 5.73. The molecule has 0 aliphatic rings. The monoisotopic (exact) mass is 296 g/mol. The molecule has 3 nitrogen and oxygen atoms in total. The van der Waals surface area contributed by atoms with Crippen LogP contribution in [0.4, 0.5) is 0 Å². The van der Waals surface area contributed by atoms with Gasteiger partial charge in [-0.05, 0) is 34.4 Å². The molecule has 23 heavy (non-hydrogen) atoms. The zero-order valence-electron chi connectivity index (χ0n) is 12.2. The van der Waals surface area contributed by atoms with Crippen molar-refractivity contribution in [2.45, 2.75) is 0 Å². The SMILES string of the molecule is c1ccc(-c2noc3c2ccc2ccc4ccccc4c23)nc1. The fourth-order valence-electron chi connectivity index (χ4n) is 3.17. The topological polar surface area (TPSA) is 38.9 Å². The predicted octanol–water partition coefficient (Wildman–Crippen LogP) is 5.20. The third-order valence-corrected chi connectivity index (χ3v) is 4.25. The van der Waals surface area contributed by atoms with Gasteiger partial charge in [-0.3, -0.25) is 4.98 Å². The van der Waals surface area contributed by atoms with Crippen LogP contribution in [0.25, 0.3) is 43.9 Å². The van der Waals surface area contributed by atoms with Crippen LogP contribution in [0.2, 0.25) is 0 Å². The van der Waals surface area contributed by atoms with Gasteiger partial charge < -0.3 is 4.52 Å². The Labute approximate surface area is 132 Å². The summed E-state index contributed by atoms with van der Waals surface area (Å²) >= 11 is 0. The Balaban J connectivity index is 1.94. The van der Waals surface area contributed by atoms with E-state index in [1.54, 1.807) is 6.20 Å². The highest BCUT2D eigenvalue weighted by Gasteiger charge is 2.15. The van der Waals surface area contributed by atoms with Crippen LogP contribution in [0.15, 0.2) is 77.4 Å². The van der Waals surface area contributed by atoms with Crippen LogP contribution in [0.3, 0.4) is 0 Å². The van der Waals surface area contributed by atoms with Crippen LogP contribution in [-0.4, -0.2) is 10.1 Å². The van der Waals surface area contributed by atoms with E-state index in [-0.39, 0.29) is 0 Å². The first kappa shape index (κ1) is 12.4. The lowest BCUT2D eigenvalue weighted by Crippen LogP contribution is -1.82. The minimum atomic E-state index is 0.787. The molecular weight excluding hydrogens is 284 g/mol. The van der Waals surface area contributed by atoms with E-state index < -0.39 is 0 Å². The number of benzene rings is 3. The molecule has 108 valence electrons.